The lowest BCUT2D eigenvalue weighted by Crippen LogP contribution is -2.22. The van der Waals surface area contributed by atoms with E-state index in [2.05, 4.69) is 28.0 Å². The van der Waals surface area contributed by atoms with E-state index in [0.29, 0.717) is 0 Å². The molecule has 2 rings (SSSR count). The Hall–Kier alpha value is -1.03. The van der Waals surface area contributed by atoms with Gasteiger partial charge in [0.2, 0.25) is 5.95 Å². The number of hydrogen-bond acceptors (Lipinski definition) is 3. The molecule has 0 saturated heterocycles. The van der Waals surface area contributed by atoms with Crippen molar-refractivity contribution in [2.75, 3.05) is 25.1 Å². The van der Waals surface area contributed by atoms with Gasteiger partial charge in [-0.25, -0.2) is 4.98 Å². The van der Waals surface area contributed by atoms with E-state index in [9.17, 15) is 0 Å². The number of nitrogens with one attached hydrogen (secondary N) is 1. The molecule has 0 bridgehead atoms. The van der Waals surface area contributed by atoms with Crippen LogP contribution in [0.1, 0.15) is 46.0 Å². The van der Waals surface area contributed by atoms with Gasteiger partial charge in [-0.05, 0) is 31.6 Å². The minimum atomic E-state index is 0.800. The highest BCUT2D eigenvalue weighted by atomic mass is 16.5. The van der Waals surface area contributed by atoms with Gasteiger partial charge in [-0.15, -0.1) is 0 Å². The lowest BCUT2D eigenvalue weighted by molar-refractivity contribution is 0.147. The van der Waals surface area contributed by atoms with E-state index in [1.165, 1.54) is 25.7 Å². The smallest absolute Gasteiger partial charge is 0.202 e. The SMILES string of the molecule is CCOCCCNc1nccn1CC1CCCCC1C. The van der Waals surface area contributed by atoms with Crippen LogP contribution in [0.25, 0.3) is 0 Å². The minimum Gasteiger partial charge on any atom is -0.382 e. The fraction of sp³-hybridized carbons (Fsp3) is 0.812. The molecule has 1 aromatic heterocycles. The van der Waals surface area contributed by atoms with Gasteiger partial charge in [0.15, 0.2) is 0 Å². The molecule has 20 heavy (non-hydrogen) atoms. The summed E-state index contributed by atoms with van der Waals surface area (Å²) in [7, 11) is 0. The molecule has 1 saturated carbocycles. The van der Waals surface area contributed by atoms with Crippen LogP contribution in [-0.2, 0) is 11.3 Å². The third-order valence-corrected chi connectivity index (χ3v) is 4.39. The van der Waals surface area contributed by atoms with Crippen molar-refractivity contribution in [2.45, 2.75) is 52.5 Å². The van der Waals surface area contributed by atoms with E-state index in [1.54, 1.807) is 0 Å². The zero-order valence-corrected chi connectivity index (χ0v) is 13.0. The zero-order chi connectivity index (χ0) is 14.2. The second-order valence-corrected chi connectivity index (χ2v) is 5.90. The van der Waals surface area contributed by atoms with Gasteiger partial charge in [0.25, 0.3) is 0 Å². The van der Waals surface area contributed by atoms with Crippen LogP contribution < -0.4 is 5.32 Å². The molecule has 1 aromatic rings. The molecule has 114 valence electrons. The first kappa shape index (κ1) is 15.4. The molecule has 1 aliphatic rings. The van der Waals surface area contributed by atoms with E-state index in [0.717, 1.165) is 50.5 Å². The summed E-state index contributed by atoms with van der Waals surface area (Å²) in [5, 5.41) is 3.43. The molecule has 0 radical (unpaired) electrons. The predicted octanol–water partition coefficient (Wildman–Crippen LogP) is 3.55. The van der Waals surface area contributed by atoms with Gasteiger partial charge in [0.1, 0.15) is 0 Å². The molecule has 1 aliphatic carbocycles. The van der Waals surface area contributed by atoms with Gasteiger partial charge in [-0.1, -0.05) is 26.2 Å². The number of imidazole rings is 1. The summed E-state index contributed by atoms with van der Waals surface area (Å²) in [5.74, 6) is 2.66. The van der Waals surface area contributed by atoms with E-state index < -0.39 is 0 Å². The van der Waals surface area contributed by atoms with Crippen LogP contribution in [0.5, 0.6) is 0 Å². The molecule has 4 nitrogen and oxygen atoms in total. The Morgan fingerprint density at radius 3 is 3.05 bits per heavy atom. The molecule has 0 amide bonds. The van der Waals surface area contributed by atoms with Crippen molar-refractivity contribution in [3.8, 4) is 0 Å². The van der Waals surface area contributed by atoms with Gasteiger partial charge >= 0.3 is 0 Å². The van der Waals surface area contributed by atoms with Crippen LogP contribution in [0.2, 0.25) is 0 Å². The molecule has 1 N–H and O–H groups in total. The molecule has 2 unspecified atom stereocenters. The first-order chi connectivity index (χ1) is 9.81. The zero-order valence-electron chi connectivity index (χ0n) is 13.0. The lowest BCUT2D eigenvalue weighted by atomic mass is 9.80. The molecule has 2 atom stereocenters. The average molecular weight is 279 g/mol. The third-order valence-electron chi connectivity index (χ3n) is 4.39. The molecular formula is C16H29N3O. The highest BCUT2D eigenvalue weighted by Gasteiger charge is 2.22. The van der Waals surface area contributed by atoms with Gasteiger partial charge in [-0.2, -0.15) is 0 Å². The number of hydrogen-bond donors (Lipinski definition) is 1. The summed E-state index contributed by atoms with van der Waals surface area (Å²) >= 11 is 0. The van der Waals surface area contributed by atoms with Crippen molar-refractivity contribution >= 4 is 5.95 Å². The van der Waals surface area contributed by atoms with E-state index >= 15 is 0 Å². The van der Waals surface area contributed by atoms with Crippen LogP contribution in [0.4, 0.5) is 5.95 Å². The largest absolute Gasteiger partial charge is 0.382 e. The van der Waals surface area contributed by atoms with Crippen LogP contribution in [0.3, 0.4) is 0 Å². The number of ether oxygens (including phenoxy) is 1. The van der Waals surface area contributed by atoms with Crippen molar-refractivity contribution in [2.24, 2.45) is 11.8 Å². The second-order valence-electron chi connectivity index (χ2n) is 5.90. The van der Waals surface area contributed by atoms with E-state index in [-0.39, 0.29) is 0 Å². The summed E-state index contributed by atoms with van der Waals surface area (Å²) in [4.78, 5) is 4.44. The minimum absolute atomic E-state index is 0.800. The van der Waals surface area contributed by atoms with Gasteiger partial charge in [0, 0.05) is 38.7 Å². The summed E-state index contributed by atoms with van der Waals surface area (Å²) in [6, 6.07) is 0. The summed E-state index contributed by atoms with van der Waals surface area (Å²) < 4.78 is 7.64. The molecule has 4 heteroatoms. The Balaban J connectivity index is 1.78. The van der Waals surface area contributed by atoms with Crippen LogP contribution in [0, 0.1) is 11.8 Å². The van der Waals surface area contributed by atoms with Crippen LogP contribution in [-0.4, -0.2) is 29.3 Å². The molecule has 1 fully saturated rings. The molecular weight excluding hydrogens is 250 g/mol. The van der Waals surface area contributed by atoms with Gasteiger partial charge in [0.05, 0.1) is 0 Å². The Labute approximate surface area is 122 Å². The maximum Gasteiger partial charge on any atom is 0.202 e. The highest BCUT2D eigenvalue weighted by molar-refractivity contribution is 5.25. The highest BCUT2D eigenvalue weighted by Crippen LogP contribution is 2.31. The third kappa shape index (κ3) is 4.51. The number of nitrogens with zero attached hydrogens (tertiary/aromatic N) is 2. The quantitative estimate of drug-likeness (QED) is 0.740. The fourth-order valence-corrected chi connectivity index (χ4v) is 3.06. The average Bonchev–Trinajstić information content (AvgIpc) is 2.89. The van der Waals surface area contributed by atoms with Crippen LogP contribution >= 0.6 is 0 Å². The molecule has 1 heterocycles. The summed E-state index contributed by atoms with van der Waals surface area (Å²) in [6.07, 6.45) is 10.6. The van der Waals surface area contributed by atoms with Crippen molar-refractivity contribution in [1.29, 1.82) is 0 Å². The normalized spacial score (nSPS) is 22.9. The lowest BCUT2D eigenvalue weighted by Gasteiger charge is -2.29. The number of aromatic nitrogens is 2. The number of anilines is 1. The topological polar surface area (TPSA) is 39.1 Å². The van der Waals surface area contributed by atoms with Crippen molar-refractivity contribution in [3.05, 3.63) is 12.4 Å². The molecule has 0 spiro atoms. The standard InChI is InChI=1S/C16H29N3O/c1-3-20-12-6-9-17-16-18-10-11-19(16)13-15-8-5-4-7-14(15)2/h10-11,14-15H,3-9,12-13H2,1-2H3,(H,17,18). The Morgan fingerprint density at radius 1 is 1.40 bits per heavy atom. The van der Waals surface area contributed by atoms with Crippen molar-refractivity contribution < 1.29 is 4.74 Å². The first-order valence-corrected chi connectivity index (χ1v) is 8.14. The van der Waals surface area contributed by atoms with Crippen molar-refractivity contribution in [3.63, 3.8) is 0 Å². The van der Waals surface area contributed by atoms with Crippen LogP contribution in [0.15, 0.2) is 12.4 Å². The molecule has 0 aromatic carbocycles. The maximum absolute atomic E-state index is 5.35. The predicted molar refractivity (Wildman–Crippen MR) is 82.9 cm³/mol. The summed E-state index contributed by atoms with van der Waals surface area (Å²) in [6.45, 7) is 8.09. The van der Waals surface area contributed by atoms with Gasteiger partial charge < -0.3 is 14.6 Å². The Bertz CT molecular complexity index is 378. The number of rotatable bonds is 8. The molecule has 0 aliphatic heterocycles. The fourth-order valence-electron chi connectivity index (χ4n) is 3.06. The maximum atomic E-state index is 5.35. The van der Waals surface area contributed by atoms with Crippen molar-refractivity contribution in [1.82, 2.24) is 9.55 Å². The van der Waals surface area contributed by atoms with Gasteiger partial charge in [-0.3, -0.25) is 0 Å². The monoisotopic (exact) mass is 279 g/mol. The first-order valence-electron chi connectivity index (χ1n) is 8.14. The Morgan fingerprint density at radius 2 is 2.25 bits per heavy atom. The van der Waals surface area contributed by atoms with E-state index in [1.807, 2.05) is 13.1 Å². The second kappa shape index (κ2) is 8.30. The van der Waals surface area contributed by atoms with E-state index in [4.69, 9.17) is 4.74 Å². The summed E-state index contributed by atoms with van der Waals surface area (Å²) in [5.41, 5.74) is 0. The Kier molecular flexibility index (Phi) is 6.37.